The van der Waals surface area contributed by atoms with E-state index in [1.54, 1.807) is 0 Å². The van der Waals surface area contributed by atoms with Crippen molar-refractivity contribution in [2.45, 2.75) is 153 Å². The maximum absolute atomic E-state index is 13.1. The number of hydrogen-bond donors (Lipinski definition) is 21. The quantitative estimate of drug-likeness (QED) is 0.0165. The Kier molecular flexibility index (Phi) is 27.9. The molecule has 0 aromatic rings. The lowest BCUT2D eigenvalue weighted by atomic mass is 9.94. The standard InChI is InChI=1S/C34H55N3O52S8/c38-2-6(1-10(39)40)78-30-12(36-91(54,55)56)16(43)20(8(80-30)4-76-94(63,64)65)82-33-25(89-97(72,73)74)19(46)23(27(87-33)29(49)50)85-32-13(37-92(57,58)59)17(44)21(9(81-32)5-77-95(66,67)68)83-34-24(88-96(69,70)71)18(45)22(26(86-34)28(47)48)84-31-11(35-90(51,52)53)15(42)14(41)7(79-31)3-75-93(60,61)62/h1,7-9,11-27,30-38,41-46H,2-5H2,(H,39,40)(H,47,48)(H,49,50)(H,51,52,53)(H,54,55,56)(H,57,58,59)(H,60,61,62)(H,63,64,65)(H,66,67,68)(H,69,70,71)(H,72,73,74)/b6-1+. The zero-order valence-corrected chi connectivity index (χ0v) is 53.1. The smallest absolute Gasteiger partial charge is 0.397 e. The third-order valence-corrected chi connectivity index (χ3v) is 16.9. The molecule has 0 bridgehead atoms. The van der Waals surface area contributed by atoms with E-state index < -0.39 is 286 Å². The van der Waals surface area contributed by atoms with E-state index in [2.05, 4.69) is 20.9 Å². The summed E-state index contributed by atoms with van der Waals surface area (Å²) in [6.07, 6.45) is -65.8. The first-order chi connectivity index (χ1) is 44.0. The maximum atomic E-state index is 13.1. The van der Waals surface area contributed by atoms with Gasteiger partial charge >= 0.3 is 101 Å². The Morgan fingerprint density at radius 1 is 0.371 bits per heavy atom. The molecule has 5 heterocycles. The summed E-state index contributed by atoms with van der Waals surface area (Å²) in [5.41, 5.74) is 0. The molecule has 0 aromatic carbocycles. The molecule has 5 aliphatic heterocycles. The summed E-state index contributed by atoms with van der Waals surface area (Å²) in [7, 11) is -46.9. The fraction of sp³-hybridized carbons (Fsp3) is 0.853. The van der Waals surface area contributed by atoms with Gasteiger partial charge < -0.3 is 98.4 Å². The second kappa shape index (κ2) is 32.3. The van der Waals surface area contributed by atoms with Gasteiger partial charge in [0.2, 0.25) is 6.29 Å². The van der Waals surface area contributed by atoms with E-state index in [0.717, 1.165) is 4.72 Å². The fourth-order valence-electron chi connectivity index (χ4n) is 9.28. The third kappa shape index (κ3) is 25.0. The fourth-order valence-corrected chi connectivity index (χ4v) is 13.0. The minimum atomic E-state index is -6.22. The summed E-state index contributed by atoms with van der Waals surface area (Å²) < 4.78 is 347. The largest absolute Gasteiger partial charge is 0.479 e. The molecule has 0 amide bonds. The van der Waals surface area contributed by atoms with Crippen LogP contribution < -0.4 is 14.2 Å². The highest BCUT2D eigenvalue weighted by molar-refractivity contribution is 7.84. The van der Waals surface area contributed by atoms with Crippen LogP contribution in [0.1, 0.15) is 0 Å². The number of carbonyl (C=O) groups is 3. The first-order valence-electron chi connectivity index (χ1n) is 25.0. The van der Waals surface area contributed by atoms with E-state index in [0.29, 0.717) is 0 Å². The van der Waals surface area contributed by atoms with Crippen LogP contribution in [0.2, 0.25) is 0 Å². The number of hydrogen-bond acceptors (Lipinski definition) is 41. The number of nitrogens with one attached hydrogen (secondary N) is 3. The molecule has 5 aliphatic rings. The molecule has 0 spiro atoms. The van der Waals surface area contributed by atoms with Gasteiger partial charge in [0, 0.05) is 0 Å². The van der Waals surface area contributed by atoms with E-state index >= 15 is 0 Å². The summed E-state index contributed by atoms with van der Waals surface area (Å²) in [5.74, 6) is -8.02. The molecule has 566 valence electrons. The lowest BCUT2D eigenvalue weighted by molar-refractivity contribution is -0.372. The molecule has 0 radical (unpaired) electrons. The minimum Gasteiger partial charge on any atom is -0.479 e. The number of aliphatic hydroxyl groups excluding tert-OH is 7. The van der Waals surface area contributed by atoms with Gasteiger partial charge in [0.15, 0.2) is 49.6 Å². The highest BCUT2D eigenvalue weighted by Crippen LogP contribution is 2.39. The lowest BCUT2D eigenvalue weighted by Gasteiger charge is -2.50. The first kappa shape index (κ1) is 83.9. The summed E-state index contributed by atoms with van der Waals surface area (Å²) in [6, 6.07) is -8.46. The van der Waals surface area contributed by atoms with Crippen LogP contribution in [0.25, 0.3) is 0 Å². The zero-order chi connectivity index (χ0) is 74.0. The van der Waals surface area contributed by atoms with Gasteiger partial charge in [-0.05, 0) is 0 Å². The number of aliphatic hydroxyl groups is 7. The van der Waals surface area contributed by atoms with Gasteiger partial charge in [0.25, 0.3) is 0 Å². The third-order valence-electron chi connectivity index (χ3n) is 12.9. The van der Waals surface area contributed by atoms with Crippen LogP contribution in [0.4, 0.5) is 0 Å². The molecule has 0 aromatic heterocycles. The molecule has 21 N–H and O–H groups in total. The monoisotopic (exact) mass is 1590 g/mol. The minimum absolute atomic E-state index is 0.0704. The van der Waals surface area contributed by atoms with Gasteiger partial charge in [-0.1, -0.05) is 0 Å². The van der Waals surface area contributed by atoms with Gasteiger partial charge in [-0.15, -0.1) is 0 Å². The van der Waals surface area contributed by atoms with E-state index in [-0.39, 0.29) is 6.08 Å². The van der Waals surface area contributed by atoms with Crippen LogP contribution in [-0.2, 0) is 166 Å². The predicted molar refractivity (Wildman–Crippen MR) is 279 cm³/mol. The van der Waals surface area contributed by atoms with E-state index in [9.17, 15) is 160 Å². The summed E-state index contributed by atoms with van der Waals surface area (Å²) in [6.45, 7) is -6.70. The van der Waals surface area contributed by atoms with Crippen molar-refractivity contribution in [1.82, 2.24) is 14.2 Å². The van der Waals surface area contributed by atoms with Crippen molar-refractivity contribution in [3.8, 4) is 0 Å². The number of carboxylic acids is 3. The van der Waals surface area contributed by atoms with Crippen molar-refractivity contribution >= 4 is 101 Å². The number of ether oxygens (including phenoxy) is 10. The molecule has 25 atom stereocenters. The van der Waals surface area contributed by atoms with Gasteiger partial charge in [0.05, 0.1) is 25.9 Å². The molecule has 0 aliphatic carbocycles. The van der Waals surface area contributed by atoms with Gasteiger partial charge in [0.1, 0.15) is 110 Å². The lowest BCUT2D eigenvalue weighted by Crippen LogP contribution is -2.71. The molecule has 63 heteroatoms. The van der Waals surface area contributed by atoms with Crippen molar-refractivity contribution < 1.29 is 237 Å². The van der Waals surface area contributed by atoms with Crippen molar-refractivity contribution in [3.63, 3.8) is 0 Å². The SMILES string of the molecule is O=C(O)/C=C(\CO)OC1OC(COS(=O)(=O)O)C(OC2OC(C(=O)O)C(OC3OC(COS(=O)(=O)O)C(OC4OC(C(=O)O)C(OC5OC(COS(=O)(=O)O)C(O)C(O)C5NS(=O)(=O)O)C(O)C4OS(=O)(=O)O)C(O)C3NS(=O)(=O)O)C(O)C2OS(=O)(=O)O)C(O)C1NS(=O)(=O)O. The van der Waals surface area contributed by atoms with Crippen LogP contribution in [0, 0.1) is 0 Å². The molecule has 5 saturated heterocycles. The van der Waals surface area contributed by atoms with E-state index in [1.807, 2.05) is 0 Å². The van der Waals surface area contributed by atoms with Crippen LogP contribution in [-0.4, -0.2) is 353 Å². The highest BCUT2D eigenvalue weighted by Gasteiger charge is 2.61. The van der Waals surface area contributed by atoms with E-state index in [1.165, 1.54) is 9.44 Å². The van der Waals surface area contributed by atoms with Crippen molar-refractivity contribution in [1.29, 1.82) is 0 Å². The van der Waals surface area contributed by atoms with Gasteiger partial charge in [-0.2, -0.15) is 81.5 Å². The Hall–Kier alpha value is -3.73. The van der Waals surface area contributed by atoms with Crippen LogP contribution in [0.5, 0.6) is 0 Å². The zero-order valence-electron chi connectivity index (χ0n) is 46.5. The summed E-state index contributed by atoms with van der Waals surface area (Å²) in [5, 5.41) is 108. The van der Waals surface area contributed by atoms with E-state index in [4.69, 9.17) is 57.0 Å². The molecule has 5 rings (SSSR count). The van der Waals surface area contributed by atoms with Crippen LogP contribution >= 0.6 is 0 Å². The molecule has 5 fully saturated rings. The molecule has 97 heavy (non-hydrogen) atoms. The van der Waals surface area contributed by atoms with Crippen LogP contribution in [0.15, 0.2) is 11.8 Å². The Balaban J connectivity index is 1.60. The van der Waals surface area contributed by atoms with Crippen molar-refractivity contribution in [3.05, 3.63) is 11.8 Å². The van der Waals surface area contributed by atoms with Gasteiger partial charge in [-0.3, -0.25) is 36.4 Å². The Bertz CT molecular complexity index is 3760. The average Bonchev–Trinajstić information content (AvgIpc) is 0.767. The Morgan fingerprint density at radius 3 is 0.990 bits per heavy atom. The normalized spacial score (nSPS) is 37.1. The topological polar surface area (TPSA) is 863 Å². The molecule has 0 saturated carbocycles. The van der Waals surface area contributed by atoms with Crippen molar-refractivity contribution in [2.24, 2.45) is 0 Å². The number of rotatable bonds is 33. The second-order valence-electron chi connectivity index (χ2n) is 19.7. The summed E-state index contributed by atoms with van der Waals surface area (Å²) >= 11 is 0. The first-order valence-corrected chi connectivity index (χ1v) is 36.2. The molecule has 55 nitrogen and oxygen atoms in total. The Morgan fingerprint density at radius 2 is 0.680 bits per heavy atom. The number of carboxylic acid groups (broad SMARTS) is 3. The molecular weight excluding hydrogens is 1540 g/mol. The van der Waals surface area contributed by atoms with Crippen LogP contribution in [0.3, 0.4) is 0 Å². The van der Waals surface area contributed by atoms with Gasteiger partial charge in [-0.25, -0.2) is 35.3 Å². The van der Waals surface area contributed by atoms with Crippen molar-refractivity contribution in [2.75, 3.05) is 26.4 Å². The average molecular weight is 1590 g/mol. The maximum Gasteiger partial charge on any atom is 0.397 e. The Labute approximate surface area is 541 Å². The molecule has 25 unspecified atom stereocenters. The second-order valence-corrected chi connectivity index (χ2v) is 28.6. The molecular formula is C34H55N3O52S8. The summed E-state index contributed by atoms with van der Waals surface area (Å²) in [4.78, 5) is 37.3. The highest BCUT2D eigenvalue weighted by atomic mass is 32.3. The predicted octanol–water partition coefficient (Wildman–Crippen LogP) is -14.4. The number of aliphatic carboxylic acids is 3.